The number of halogens is 2. The lowest BCUT2D eigenvalue weighted by Gasteiger charge is -2.24. The third-order valence-electron chi connectivity index (χ3n) is 3.60. The zero-order valence-corrected chi connectivity index (χ0v) is 14.6. The van der Waals surface area contributed by atoms with Gasteiger partial charge in [-0.3, -0.25) is 4.90 Å². The lowest BCUT2D eigenvalue weighted by atomic mass is 10.1. The predicted octanol–water partition coefficient (Wildman–Crippen LogP) is 3.59. The van der Waals surface area contributed by atoms with Crippen molar-refractivity contribution >= 4 is 0 Å². The van der Waals surface area contributed by atoms with Crippen molar-refractivity contribution in [2.75, 3.05) is 19.8 Å². The molecular weight excluding hydrogens is 328 g/mol. The summed E-state index contributed by atoms with van der Waals surface area (Å²) in [5, 5.41) is 10.2. The number of furan rings is 1. The first-order valence-corrected chi connectivity index (χ1v) is 8.38. The molecule has 1 aromatic carbocycles. The highest BCUT2D eigenvalue weighted by Gasteiger charge is 2.16. The molecular formula is C19H25F2NO3. The Balaban J connectivity index is 1.99. The summed E-state index contributed by atoms with van der Waals surface area (Å²) < 4.78 is 37.8. The number of rotatable bonds is 10. The van der Waals surface area contributed by atoms with Gasteiger partial charge in [-0.15, -0.1) is 0 Å². The fourth-order valence-corrected chi connectivity index (χ4v) is 2.49. The van der Waals surface area contributed by atoms with Crippen molar-refractivity contribution < 1.29 is 23.0 Å². The van der Waals surface area contributed by atoms with Gasteiger partial charge in [0.2, 0.25) is 0 Å². The standard InChI is InChI=1S/C19H25F2NO3/c1-14(2)12-24-13-17(23)10-22(11-18-4-3-7-25-18)9-15-5-6-16(20)8-19(15)21/h3-8,14,17,23H,9-13H2,1-2H3. The molecule has 2 rings (SSSR count). The third-order valence-corrected chi connectivity index (χ3v) is 3.60. The SMILES string of the molecule is CC(C)COCC(O)CN(Cc1ccco1)Cc1ccc(F)cc1F. The second-order valence-electron chi connectivity index (χ2n) is 6.57. The Labute approximate surface area is 147 Å². The summed E-state index contributed by atoms with van der Waals surface area (Å²) in [5.74, 6) is -0.117. The van der Waals surface area contributed by atoms with Gasteiger partial charge in [0.25, 0.3) is 0 Å². The van der Waals surface area contributed by atoms with Crippen LogP contribution in [0.15, 0.2) is 41.0 Å². The largest absolute Gasteiger partial charge is 0.468 e. The van der Waals surface area contributed by atoms with Crippen molar-refractivity contribution in [3.8, 4) is 0 Å². The summed E-state index contributed by atoms with van der Waals surface area (Å²) in [7, 11) is 0. The fraction of sp³-hybridized carbons (Fsp3) is 0.474. The summed E-state index contributed by atoms with van der Waals surface area (Å²) in [6, 6.07) is 7.10. The predicted molar refractivity (Wildman–Crippen MR) is 90.8 cm³/mol. The molecule has 0 saturated heterocycles. The van der Waals surface area contributed by atoms with Crippen LogP contribution < -0.4 is 0 Å². The molecule has 138 valence electrons. The molecule has 0 aliphatic carbocycles. The highest BCUT2D eigenvalue weighted by Crippen LogP contribution is 2.15. The summed E-state index contributed by atoms with van der Waals surface area (Å²) in [6.07, 6.45) is 0.853. The highest BCUT2D eigenvalue weighted by atomic mass is 19.1. The average molecular weight is 353 g/mol. The first-order valence-electron chi connectivity index (χ1n) is 8.38. The summed E-state index contributed by atoms with van der Waals surface area (Å²) >= 11 is 0. The smallest absolute Gasteiger partial charge is 0.130 e. The molecule has 0 spiro atoms. The van der Waals surface area contributed by atoms with E-state index < -0.39 is 17.7 Å². The molecule has 0 fully saturated rings. The van der Waals surface area contributed by atoms with Crippen LogP contribution in [0.5, 0.6) is 0 Å². The second-order valence-corrected chi connectivity index (χ2v) is 6.57. The van der Waals surface area contributed by atoms with Crippen LogP contribution in [0, 0.1) is 17.6 Å². The van der Waals surface area contributed by atoms with Crippen molar-refractivity contribution in [1.82, 2.24) is 4.90 Å². The summed E-state index contributed by atoms with van der Waals surface area (Å²) in [5.41, 5.74) is 0.364. The van der Waals surface area contributed by atoms with E-state index in [2.05, 4.69) is 0 Å². The minimum atomic E-state index is -0.711. The molecule has 25 heavy (non-hydrogen) atoms. The quantitative estimate of drug-likeness (QED) is 0.709. The number of nitrogens with zero attached hydrogens (tertiary/aromatic N) is 1. The van der Waals surface area contributed by atoms with Crippen LogP contribution in [0.1, 0.15) is 25.2 Å². The zero-order chi connectivity index (χ0) is 18.2. The Morgan fingerprint density at radius 3 is 2.60 bits per heavy atom. The van der Waals surface area contributed by atoms with Crippen LogP contribution in [0.3, 0.4) is 0 Å². The van der Waals surface area contributed by atoms with Crippen molar-refractivity contribution in [2.45, 2.75) is 33.0 Å². The van der Waals surface area contributed by atoms with Gasteiger partial charge in [-0.2, -0.15) is 0 Å². The number of hydrogen-bond donors (Lipinski definition) is 1. The van der Waals surface area contributed by atoms with E-state index in [4.69, 9.17) is 9.15 Å². The van der Waals surface area contributed by atoms with Gasteiger partial charge in [-0.1, -0.05) is 19.9 Å². The maximum absolute atomic E-state index is 13.9. The summed E-state index contributed by atoms with van der Waals surface area (Å²) in [6.45, 7) is 5.77. The number of aliphatic hydroxyl groups is 1. The zero-order valence-electron chi connectivity index (χ0n) is 14.6. The molecule has 6 heteroatoms. The van der Waals surface area contributed by atoms with Gasteiger partial charge in [-0.25, -0.2) is 8.78 Å². The molecule has 0 saturated carbocycles. The Hall–Kier alpha value is -1.76. The van der Waals surface area contributed by atoms with Gasteiger partial charge in [0.15, 0.2) is 0 Å². The minimum absolute atomic E-state index is 0.207. The molecule has 0 aliphatic rings. The Morgan fingerprint density at radius 1 is 1.16 bits per heavy atom. The number of hydrogen-bond acceptors (Lipinski definition) is 4. The Morgan fingerprint density at radius 2 is 1.96 bits per heavy atom. The van der Waals surface area contributed by atoms with Crippen molar-refractivity contribution in [3.05, 3.63) is 59.6 Å². The monoisotopic (exact) mass is 353 g/mol. The maximum Gasteiger partial charge on any atom is 0.130 e. The van der Waals surface area contributed by atoms with E-state index in [1.807, 2.05) is 24.8 Å². The highest BCUT2D eigenvalue weighted by molar-refractivity contribution is 5.18. The molecule has 1 heterocycles. The lowest BCUT2D eigenvalue weighted by molar-refractivity contribution is 0.00444. The van der Waals surface area contributed by atoms with Gasteiger partial charge in [-0.05, 0) is 24.1 Å². The first-order chi connectivity index (χ1) is 11.9. The number of ether oxygens (including phenoxy) is 1. The van der Waals surface area contributed by atoms with Crippen molar-refractivity contribution in [3.63, 3.8) is 0 Å². The Bertz CT molecular complexity index is 632. The normalized spacial score (nSPS) is 12.9. The molecule has 4 nitrogen and oxygen atoms in total. The van der Waals surface area contributed by atoms with Gasteiger partial charge in [0, 0.05) is 31.3 Å². The maximum atomic E-state index is 13.9. The van der Waals surface area contributed by atoms with Crippen LogP contribution in [-0.4, -0.2) is 35.9 Å². The first kappa shape index (κ1) is 19.6. The topological polar surface area (TPSA) is 45.8 Å². The number of aliphatic hydroxyl groups excluding tert-OH is 1. The molecule has 0 amide bonds. The summed E-state index contributed by atoms with van der Waals surface area (Å²) in [4.78, 5) is 1.85. The molecule has 1 aromatic heterocycles. The van der Waals surface area contributed by atoms with Crippen LogP contribution in [0.2, 0.25) is 0 Å². The average Bonchev–Trinajstić information content (AvgIpc) is 3.02. The van der Waals surface area contributed by atoms with Gasteiger partial charge in [0.1, 0.15) is 17.4 Å². The molecule has 0 radical (unpaired) electrons. The van der Waals surface area contributed by atoms with Crippen LogP contribution in [-0.2, 0) is 17.8 Å². The van der Waals surface area contributed by atoms with E-state index in [1.54, 1.807) is 12.3 Å². The van der Waals surface area contributed by atoms with Crippen molar-refractivity contribution in [2.24, 2.45) is 5.92 Å². The fourth-order valence-electron chi connectivity index (χ4n) is 2.49. The van der Waals surface area contributed by atoms with Gasteiger partial charge < -0.3 is 14.3 Å². The molecule has 1 N–H and O–H groups in total. The third kappa shape index (κ3) is 6.94. The number of benzene rings is 1. The van der Waals surface area contributed by atoms with Gasteiger partial charge in [0.05, 0.1) is 25.5 Å². The van der Waals surface area contributed by atoms with E-state index in [-0.39, 0.29) is 19.7 Å². The second kappa shape index (κ2) is 9.65. The molecule has 0 bridgehead atoms. The molecule has 0 aliphatic heterocycles. The van der Waals surface area contributed by atoms with E-state index in [1.165, 1.54) is 12.1 Å². The van der Waals surface area contributed by atoms with Crippen LogP contribution in [0.25, 0.3) is 0 Å². The lowest BCUT2D eigenvalue weighted by Crippen LogP contribution is -2.34. The minimum Gasteiger partial charge on any atom is -0.468 e. The molecule has 1 atom stereocenters. The van der Waals surface area contributed by atoms with Crippen LogP contribution >= 0.6 is 0 Å². The molecule has 1 unspecified atom stereocenters. The Kier molecular flexibility index (Phi) is 7.55. The van der Waals surface area contributed by atoms with E-state index in [0.29, 0.717) is 30.4 Å². The van der Waals surface area contributed by atoms with E-state index in [9.17, 15) is 13.9 Å². The molecule has 2 aromatic rings. The van der Waals surface area contributed by atoms with E-state index >= 15 is 0 Å². The van der Waals surface area contributed by atoms with Crippen molar-refractivity contribution in [1.29, 1.82) is 0 Å². The van der Waals surface area contributed by atoms with Gasteiger partial charge >= 0.3 is 0 Å². The van der Waals surface area contributed by atoms with Crippen LogP contribution in [0.4, 0.5) is 8.78 Å². The van der Waals surface area contributed by atoms with E-state index in [0.717, 1.165) is 6.07 Å².